The molecule has 1 aromatic rings. The number of rotatable bonds is 4. The molecule has 2 N–H and O–H groups in total. The Hall–Kier alpha value is -1.55. The topological polar surface area (TPSA) is 58.6 Å². The Morgan fingerprint density at radius 3 is 2.62 bits per heavy atom. The van der Waals surface area contributed by atoms with Crippen LogP contribution in [-0.2, 0) is 11.2 Å². The van der Waals surface area contributed by atoms with Gasteiger partial charge in [0.05, 0.1) is 13.5 Å². The number of benzene rings is 1. The van der Waals surface area contributed by atoms with Crippen LogP contribution >= 0.6 is 0 Å². The highest BCUT2D eigenvalue weighted by molar-refractivity contribution is 5.77. The number of carbonyl (C=O) groups excluding carboxylic acids is 1. The minimum absolute atomic E-state index is 0.146. The van der Waals surface area contributed by atoms with Crippen molar-refractivity contribution in [1.82, 2.24) is 5.48 Å². The van der Waals surface area contributed by atoms with Crippen molar-refractivity contribution in [2.45, 2.75) is 26.2 Å². The fraction of sp³-hybridized carbons (Fsp3) is 0.417. The summed E-state index contributed by atoms with van der Waals surface area (Å²) < 4.78 is 5.17. The van der Waals surface area contributed by atoms with E-state index >= 15 is 0 Å². The molecule has 4 nitrogen and oxygen atoms in total. The van der Waals surface area contributed by atoms with E-state index in [2.05, 4.69) is 13.8 Å². The van der Waals surface area contributed by atoms with Gasteiger partial charge in [-0.3, -0.25) is 10.0 Å². The summed E-state index contributed by atoms with van der Waals surface area (Å²) in [4.78, 5) is 11.1. The van der Waals surface area contributed by atoms with Crippen molar-refractivity contribution in [2.24, 2.45) is 0 Å². The van der Waals surface area contributed by atoms with Crippen LogP contribution in [-0.4, -0.2) is 18.2 Å². The van der Waals surface area contributed by atoms with Gasteiger partial charge in [0.2, 0.25) is 5.91 Å². The fourth-order valence-corrected chi connectivity index (χ4v) is 1.46. The first-order valence-corrected chi connectivity index (χ1v) is 5.17. The maximum atomic E-state index is 11.1. The molecule has 0 atom stereocenters. The number of hydrogen-bond donors (Lipinski definition) is 2. The number of methoxy groups -OCH3 is 1. The van der Waals surface area contributed by atoms with Crippen molar-refractivity contribution >= 4 is 5.91 Å². The lowest BCUT2D eigenvalue weighted by atomic mass is 9.99. The van der Waals surface area contributed by atoms with Gasteiger partial charge >= 0.3 is 0 Å². The number of hydrogen-bond acceptors (Lipinski definition) is 3. The van der Waals surface area contributed by atoms with Crippen molar-refractivity contribution in [2.75, 3.05) is 7.11 Å². The molecule has 0 radical (unpaired) electrons. The molecular formula is C12H17NO3. The zero-order valence-corrected chi connectivity index (χ0v) is 9.78. The molecule has 1 amide bonds. The average molecular weight is 223 g/mol. The van der Waals surface area contributed by atoms with E-state index in [1.807, 2.05) is 12.1 Å². The van der Waals surface area contributed by atoms with E-state index < -0.39 is 5.91 Å². The van der Waals surface area contributed by atoms with Gasteiger partial charge in [-0.2, -0.15) is 0 Å². The summed E-state index contributed by atoms with van der Waals surface area (Å²) in [5.41, 5.74) is 3.56. The van der Waals surface area contributed by atoms with Crippen LogP contribution in [0.5, 0.6) is 5.75 Å². The number of hydroxylamine groups is 1. The van der Waals surface area contributed by atoms with Crippen molar-refractivity contribution in [1.29, 1.82) is 0 Å². The third kappa shape index (κ3) is 3.24. The van der Waals surface area contributed by atoms with Crippen LogP contribution in [0.3, 0.4) is 0 Å². The van der Waals surface area contributed by atoms with Crippen LogP contribution in [0.15, 0.2) is 18.2 Å². The number of amides is 1. The van der Waals surface area contributed by atoms with Crippen LogP contribution in [0, 0.1) is 0 Å². The molecule has 0 fully saturated rings. The van der Waals surface area contributed by atoms with Gasteiger partial charge in [-0.05, 0) is 29.2 Å². The Labute approximate surface area is 95.2 Å². The van der Waals surface area contributed by atoms with E-state index in [1.54, 1.807) is 18.7 Å². The van der Waals surface area contributed by atoms with Crippen LogP contribution < -0.4 is 10.2 Å². The van der Waals surface area contributed by atoms with Crippen LogP contribution in [0.1, 0.15) is 30.9 Å². The molecule has 0 saturated carbocycles. The SMILES string of the molecule is COc1cc(CC(=O)NO)cc(C(C)C)c1. The lowest BCUT2D eigenvalue weighted by Gasteiger charge is -2.11. The molecule has 0 aliphatic heterocycles. The van der Waals surface area contributed by atoms with Gasteiger partial charge in [-0.1, -0.05) is 19.9 Å². The Bertz CT molecular complexity index is 375. The number of ether oxygens (including phenoxy) is 1. The van der Waals surface area contributed by atoms with Gasteiger partial charge in [-0.25, -0.2) is 5.48 Å². The van der Waals surface area contributed by atoms with E-state index in [0.29, 0.717) is 5.92 Å². The van der Waals surface area contributed by atoms with E-state index in [1.165, 1.54) is 0 Å². The first-order valence-electron chi connectivity index (χ1n) is 5.17. The smallest absolute Gasteiger partial charge is 0.247 e. The second kappa shape index (κ2) is 5.51. The molecule has 1 rings (SSSR count). The summed E-state index contributed by atoms with van der Waals surface area (Å²) in [6, 6.07) is 5.69. The van der Waals surface area contributed by atoms with E-state index in [-0.39, 0.29) is 6.42 Å². The second-order valence-electron chi connectivity index (χ2n) is 3.98. The third-order valence-corrected chi connectivity index (χ3v) is 2.38. The summed E-state index contributed by atoms with van der Waals surface area (Å²) in [7, 11) is 1.59. The molecule has 0 aliphatic rings. The first-order chi connectivity index (χ1) is 7.56. The van der Waals surface area contributed by atoms with Gasteiger partial charge in [0.15, 0.2) is 0 Å². The van der Waals surface area contributed by atoms with Crippen molar-refractivity contribution in [3.05, 3.63) is 29.3 Å². The Morgan fingerprint density at radius 1 is 1.44 bits per heavy atom. The molecule has 0 bridgehead atoms. The highest BCUT2D eigenvalue weighted by atomic mass is 16.5. The molecule has 0 saturated heterocycles. The molecule has 0 unspecified atom stereocenters. The zero-order valence-electron chi connectivity index (χ0n) is 9.78. The summed E-state index contributed by atoms with van der Waals surface area (Å²) in [6.07, 6.45) is 0.146. The van der Waals surface area contributed by atoms with Crippen molar-refractivity contribution in [3.8, 4) is 5.75 Å². The molecular weight excluding hydrogens is 206 g/mol. The average Bonchev–Trinajstić information content (AvgIpc) is 2.28. The van der Waals surface area contributed by atoms with E-state index in [4.69, 9.17) is 9.94 Å². The summed E-state index contributed by atoms with van der Waals surface area (Å²) in [5.74, 6) is 0.668. The zero-order chi connectivity index (χ0) is 12.1. The van der Waals surface area contributed by atoms with Gasteiger partial charge in [0, 0.05) is 0 Å². The fourth-order valence-electron chi connectivity index (χ4n) is 1.46. The van der Waals surface area contributed by atoms with Gasteiger partial charge < -0.3 is 4.74 Å². The second-order valence-corrected chi connectivity index (χ2v) is 3.98. The molecule has 1 aromatic carbocycles. The predicted octanol–water partition coefficient (Wildman–Crippen LogP) is 1.87. The maximum Gasteiger partial charge on any atom is 0.247 e. The molecule has 16 heavy (non-hydrogen) atoms. The van der Waals surface area contributed by atoms with Gasteiger partial charge in [-0.15, -0.1) is 0 Å². The number of carbonyl (C=O) groups is 1. The Morgan fingerprint density at radius 2 is 2.12 bits per heavy atom. The molecule has 4 heteroatoms. The summed E-state index contributed by atoms with van der Waals surface area (Å²) >= 11 is 0. The predicted molar refractivity (Wildman–Crippen MR) is 60.7 cm³/mol. The molecule has 0 aliphatic carbocycles. The molecule has 0 aromatic heterocycles. The summed E-state index contributed by atoms with van der Waals surface area (Å²) in [5, 5.41) is 8.47. The monoisotopic (exact) mass is 223 g/mol. The third-order valence-electron chi connectivity index (χ3n) is 2.38. The molecule has 0 heterocycles. The normalized spacial score (nSPS) is 10.3. The van der Waals surface area contributed by atoms with Crippen LogP contribution in [0.2, 0.25) is 0 Å². The van der Waals surface area contributed by atoms with Crippen LogP contribution in [0.4, 0.5) is 0 Å². The largest absolute Gasteiger partial charge is 0.497 e. The van der Waals surface area contributed by atoms with E-state index in [0.717, 1.165) is 16.9 Å². The maximum absolute atomic E-state index is 11.1. The first kappa shape index (κ1) is 12.5. The van der Waals surface area contributed by atoms with Crippen LogP contribution in [0.25, 0.3) is 0 Å². The molecule has 0 spiro atoms. The highest BCUT2D eigenvalue weighted by Crippen LogP contribution is 2.23. The molecule has 88 valence electrons. The van der Waals surface area contributed by atoms with Crippen molar-refractivity contribution in [3.63, 3.8) is 0 Å². The Balaban J connectivity index is 2.99. The van der Waals surface area contributed by atoms with Crippen molar-refractivity contribution < 1.29 is 14.7 Å². The lowest BCUT2D eigenvalue weighted by molar-refractivity contribution is -0.128. The minimum atomic E-state index is -0.428. The quantitative estimate of drug-likeness (QED) is 0.605. The van der Waals surface area contributed by atoms with E-state index in [9.17, 15) is 4.79 Å². The standard InChI is InChI=1S/C12H17NO3/c1-8(2)10-4-9(6-12(14)13-15)5-11(7-10)16-3/h4-5,7-8,15H,6H2,1-3H3,(H,13,14). The van der Waals surface area contributed by atoms with Gasteiger partial charge in [0.1, 0.15) is 5.75 Å². The van der Waals surface area contributed by atoms with Gasteiger partial charge in [0.25, 0.3) is 0 Å². The summed E-state index contributed by atoms with van der Waals surface area (Å²) in [6.45, 7) is 4.15. The minimum Gasteiger partial charge on any atom is -0.497 e. The highest BCUT2D eigenvalue weighted by Gasteiger charge is 2.07. The lowest BCUT2D eigenvalue weighted by Crippen LogP contribution is -2.20. The number of nitrogens with one attached hydrogen (secondary N) is 1. The Kier molecular flexibility index (Phi) is 4.31.